The standard InChI is InChI=1S/C20H21N4.HI/c1-14-21-20-18(23(14)4)11-12-24-17(9-10-19(20)24)13-15-5-7-16(8-6-15)22(2)3;/h5-13H,1-4H3;1H/q+1;/p-1. The number of hydrogen-bond acceptors (Lipinski definition) is 2. The van der Waals surface area contributed by atoms with Crippen molar-refractivity contribution < 1.29 is 28.5 Å². The van der Waals surface area contributed by atoms with Gasteiger partial charge in [0.1, 0.15) is 5.52 Å². The highest BCUT2D eigenvalue weighted by Crippen LogP contribution is 2.16. The number of nitrogens with zero attached hydrogens (tertiary/aromatic N) is 4. The molecule has 0 saturated heterocycles. The van der Waals surface area contributed by atoms with Gasteiger partial charge in [0.25, 0.3) is 5.82 Å². The van der Waals surface area contributed by atoms with Gasteiger partial charge in [-0.25, -0.2) is 4.57 Å². The molecule has 4 nitrogen and oxygen atoms in total. The maximum absolute atomic E-state index is 4.71. The maximum Gasteiger partial charge on any atom is 0.296 e. The van der Waals surface area contributed by atoms with Gasteiger partial charge in [-0.1, -0.05) is 12.1 Å². The van der Waals surface area contributed by atoms with Crippen LogP contribution in [0.4, 0.5) is 5.69 Å². The van der Waals surface area contributed by atoms with E-state index in [1.165, 1.54) is 16.8 Å². The molecule has 0 amide bonds. The van der Waals surface area contributed by atoms with Crippen molar-refractivity contribution in [2.24, 2.45) is 7.05 Å². The zero-order valence-electron chi connectivity index (χ0n) is 14.9. The van der Waals surface area contributed by atoms with Crippen LogP contribution in [0.1, 0.15) is 11.4 Å². The molecule has 0 atom stereocenters. The average Bonchev–Trinajstić information content (AvgIpc) is 3.10. The van der Waals surface area contributed by atoms with Crippen molar-refractivity contribution >= 4 is 28.3 Å². The van der Waals surface area contributed by atoms with Gasteiger partial charge < -0.3 is 33.3 Å². The molecule has 5 heteroatoms. The zero-order valence-corrected chi connectivity index (χ0v) is 17.0. The third-order valence-electron chi connectivity index (χ3n) is 4.66. The van der Waals surface area contributed by atoms with Crippen LogP contribution in [0.5, 0.6) is 0 Å². The molecular weight excluding hydrogens is 423 g/mol. The molecule has 0 bridgehead atoms. The maximum atomic E-state index is 4.71. The smallest absolute Gasteiger partial charge is 0.296 e. The number of hydrogen-bond donors (Lipinski definition) is 0. The molecule has 1 aromatic carbocycles. The first-order chi connectivity index (χ1) is 11.5. The van der Waals surface area contributed by atoms with Crippen LogP contribution in [-0.4, -0.2) is 23.5 Å². The lowest BCUT2D eigenvalue weighted by molar-refractivity contribution is -0.651. The lowest BCUT2D eigenvalue weighted by Gasteiger charge is -2.11. The summed E-state index contributed by atoms with van der Waals surface area (Å²) in [5.41, 5.74) is 5.77. The van der Waals surface area contributed by atoms with Gasteiger partial charge >= 0.3 is 0 Å². The van der Waals surface area contributed by atoms with E-state index in [0.29, 0.717) is 0 Å². The summed E-state index contributed by atoms with van der Waals surface area (Å²) in [7, 11) is 6.17. The van der Waals surface area contributed by atoms with Crippen LogP contribution in [-0.2, 0) is 7.05 Å². The van der Waals surface area contributed by atoms with E-state index in [4.69, 9.17) is 4.98 Å². The largest absolute Gasteiger partial charge is 1.00 e. The number of aryl methyl sites for hydroxylation is 2. The second kappa shape index (κ2) is 6.63. The number of benzene rings is 1. The number of rotatable bonds is 2. The SMILES string of the molecule is Cc1nc2c3cc/c(=C/c4ccc(N(C)C)cc4)n3ccc2[n+]1C.[I-]. The van der Waals surface area contributed by atoms with E-state index in [9.17, 15) is 0 Å². The predicted molar refractivity (Wildman–Crippen MR) is 98.2 cm³/mol. The van der Waals surface area contributed by atoms with E-state index in [1.807, 2.05) is 6.92 Å². The van der Waals surface area contributed by atoms with Gasteiger partial charge in [0.15, 0.2) is 5.52 Å². The minimum atomic E-state index is 0. The Bertz CT molecular complexity index is 1090. The summed E-state index contributed by atoms with van der Waals surface area (Å²) in [4.78, 5) is 6.82. The fourth-order valence-corrected chi connectivity index (χ4v) is 3.13. The Balaban J connectivity index is 0.00000182. The number of imidazole rings is 1. The number of anilines is 1. The van der Waals surface area contributed by atoms with E-state index < -0.39 is 0 Å². The molecule has 0 spiro atoms. The Hall–Kier alpha value is -2.15. The molecule has 0 fully saturated rings. The van der Waals surface area contributed by atoms with Gasteiger partial charge in [0.05, 0.1) is 7.05 Å². The molecule has 0 aliphatic rings. The van der Waals surface area contributed by atoms with Gasteiger partial charge in [-0.05, 0) is 40.9 Å². The number of aromatic nitrogens is 3. The molecule has 0 saturated carbocycles. The van der Waals surface area contributed by atoms with Gasteiger partial charge in [-0.2, -0.15) is 0 Å². The van der Waals surface area contributed by atoms with Gasteiger partial charge in [-0.3, -0.25) is 0 Å². The summed E-state index contributed by atoms with van der Waals surface area (Å²) in [6, 6.07) is 15.0. The normalized spacial score (nSPS) is 11.9. The Labute approximate surface area is 164 Å². The molecule has 128 valence electrons. The molecule has 0 aliphatic heterocycles. The highest BCUT2D eigenvalue weighted by Gasteiger charge is 2.17. The monoisotopic (exact) mass is 444 g/mol. The van der Waals surface area contributed by atoms with E-state index >= 15 is 0 Å². The topological polar surface area (TPSA) is 24.4 Å². The molecule has 4 rings (SSSR count). The fourth-order valence-electron chi connectivity index (χ4n) is 3.13. The summed E-state index contributed by atoms with van der Waals surface area (Å²) >= 11 is 0. The highest BCUT2D eigenvalue weighted by molar-refractivity contribution is 5.88. The van der Waals surface area contributed by atoms with Crippen molar-refractivity contribution in [1.29, 1.82) is 0 Å². The first-order valence-electron chi connectivity index (χ1n) is 8.10. The van der Waals surface area contributed by atoms with Crippen molar-refractivity contribution in [1.82, 2.24) is 9.38 Å². The second-order valence-corrected chi connectivity index (χ2v) is 6.41. The third-order valence-corrected chi connectivity index (χ3v) is 4.66. The minimum absolute atomic E-state index is 0. The molecular formula is C20H21IN4. The average molecular weight is 444 g/mol. The number of pyridine rings is 1. The van der Waals surface area contributed by atoms with E-state index in [2.05, 4.69) is 89.7 Å². The van der Waals surface area contributed by atoms with Gasteiger partial charge in [0.2, 0.25) is 5.52 Å². The molecule has 0 radical (unpaired) electrons. The van der Waals surface area contributed by atoms with E-state index in [-0.39, 0.29) is 24.0 Å². The van der Waals surface area contributed by atoms with Crippen molar-refractivity contribution in [3.63, 3.8) is 0 Å². The quantitative estimate of drug-likeness (QED) is 0.300. The lowest BCUT2D eigenvalue weighted by Crippen LogP contribution is -3.00. The summed E-state index contributed by atoms with van der Waals surface area (Å²) in [6.07, 6.45) is 4.33. The second-order valence-electron chi connectivity index (χ2n) is 6.41. The third kappa shape index (κ3) is 2.97. The van der Waals surface area contributed by atoms with Crippen molar-refractivity contribution in [2.45, 2.75) is 6.92 Å². The van der Waals surface area contributed by atoms with Crippen LogP contribution in [0.2, 0.25) is 0 Å². The van der Waals surface area contributed by atoms with Crippen molar-refractivity contribution in [3.05, 3.63) is 65.4 Å². The predicted octanol–water partition coefficient (Wildman–Crippen LogP) is -0.762. The summed E-state index contributed by atoms with van der Waals surface area (Å²) in [5, 5.41) is 1.16. The zero-order chi connectivity index (χ0) is 16.8. The fraction of sp³-hybridized carbons (Fsp3) is 0.200. The van der Waals surface area contributed by atoms with Crippen LogP contribution in [0, 0.1) is 6.92 Å². The summed E-state index contributed by atoms with van der Waals surface area (Å²) in [6.45, 7) is 2.04. The number of fused-ring (bicyclic) bond motifs is 3. The molecule has 0 N–H and O–H groups in total. The Morgan fingerprint density at radius 2 is 1.76 bits per heavy atom. The van der Waals surface area contributed by atoms with E-state index in [1.54, 1.807) is 0 Å². The molecule has 4 aromatic rings. The summed E-state index contributed by atoms with van der Waals surface area (Å²) in [5.74, 6) is 1.03. The van der Waals surface area contributed by atoms with Crippen LogP contribution >= 0.6 is 0 Å². The van der Waals surface area contributed by atoms with Crippen LogP contribution in [0.15, 0.2) is 48.7 Å². The van der Waals surface area contributed by atoms with Crippen molar-refractivity contribution in [2.75, 3.05) is 19.0 Å². The van der Waals surface area contributed by atoms with Gasteiger partial charge in [0, 0.05) is 44.3 Å². The highest BCUT2D eigenvalue weighted by atomic mass is 127. The molecule has 0 unspecified atom stereocenters. The molecule has 25 heavy (non-hydrogen) atoms. The van der Waals surface area contributed by atoms with E-state index in [0.717, 1.165) is 22.2 Å². The first-order valence-corrected chi connectivity index (χ1v) is 8.10. The lowest BCUT2D eigenvalue weighted by atomic mass is 10.2. The summed E-state index contributed by atoms with van der Waals surface area (Å²) < 4.78 is 4.33. The van der Waals surface area contributed by atoms with Crippen LogP contribution in [0.25, 0.3) is 22.6 Å². The number of halogens is 1. The Morgan fingerprint density at radius 3 is 2.44 bits per heavy atom. The molecule has 3 heterocycles. The molecule has 3 aromatic heterocycles. The first kappa shape index (κ1) is 17.7. The minimum Gasteiger partial charge on any atom is -1.00 e. The Morgan fingerprint density at radius 1 is 1.04 bits per heavy atom. The van der Waals surface area contributed by atoms with Crippen molar-refractivity contribution in [3.8, 4) is 0 Å². The Kier molecular flexibility index (Phi) is 4.69. The van der Waals surface area contributed by atoms with Crippen LogP contribution < -0.4 is 38.8 Å². The van der Waals surface area contributed by atoms with Crippen LogP contribution in [0.3, 0.4) is 0 Å². The van der Waals surface area contributed by atoms with Gasteiger partial charge in [-0.15, -0.1) is 0 Å². The molecule has 0 aliphatic carbocycles.